The van der Waals surface area contributed by atoms with E-state index in [0.717, 1.165) is 54.7 Å². The Labute approximate surface area is 175 Å². The molecule has 154 valence electrons. The zero-order valence-corrected chi connectivity index (χ0v) is 16.9. The standard InChI is InChI=1S/C23H24N4O3/c1-28-20-5-3-2-4-19(20)26-23-24-13-17-15-27(9-8-18(17)25-23)14-16-6-7-21-22(12-16)30-11-10-29-21/h2-7,12-13H,8-11,14-15H2,1H3,(H,24,25,26). The van der Waals surface area contributed by atoms with Gasteiger partial charge in [0.2, 0.25) is 5.95 Å². The first-order chi connectivity index (χ1) is 14.8. The number of hydrogen-bond acceptors (Lipinski definition) is 7. The Hall–Kier alpha value is -3.32. The molecule has 0 saturated heterocycles. The summed E-state index contributed by atoms with van der Waals surface area (Å²) in [6.45, 7) is 3.86. The Kier molecular flexibility index (Phi) is 5.11. The Morgan fingerprint density at radius 1 is 1.10 bits per heavy atom. The Morgan fingerprint density at radius 2 is 1.97 bits per heavy atom. The van der Waals surface area contributed by atoms with E-state index in [1.807, 2.05) is 36.5 Å². The molecule has 0 atom stereocenters. The Bertz CT molecular complexity index is 1060. The van der Waals surface area contributed by atoms with Crippen LogP contribution in [-0.4, -0.2) is 41.7 Å². The number of methoxy groups -OCH3 is 1. The highest BCUT2D eigenvalue weighted by Gasteiger charge is 2.20. The van der Waals surface area contributed by atoms with Gasteiger partial charge in [0.15, 0.2) is 11.5 Å². The molecule has 0 amide bonds. The molecule has 7 heteroatoms. The van der Waals surface area contributed by atoms with E-state index in [1.165, 1.54) is 11.1 Å². The van der Waals surface area contributed by atoms with Crippen molar-refractivity contribution in [2.75, 3.05) is 32.2 Å². The van der Waals surface area contributed by atoms with Crippen molar-refractivity contribution in [1.29, 1.82) is 0 Å². The zero-order chi connectivity index (χ0) is 20.3. The number of rotatable bonds is 5. The highest BCUT2D eigenvalue weighted by Crippen LogP contribution is 2.32. The number of hydrogen-bond donors (Lipinski definition) is 1. The fourth-order valence-electron chi connectivity index (χ4n) is 3.88. The topological polar surface area (TPSA) is 68.7 Å². The average molecular weight is 404 g/mol. The van der Waals surface area contributed by atoms with E-state index in [0.29, 0.717) is 19.2 Å². The first-order valence-electron chi connectivity index (χ1n) is 10.1. The molecule has 30 heavy (non-hydrogen) atoms. The van der Waals surface area contributed by atoms with Gasteiger partial charge in [-0.2, -0.15) is 0 Å². The zero-order valence-electron chi connectivity index (χ0n) is 16.9. The quantitative estimate of drug-likeness (QED) is 0.697. The van der Waals surface area contributed by atoms with E-state index >= 15 is 0 Å². The number of fused-ring (bicyclic) bond motifs is 2. The Balaban J connectivity index is 1.27. The maximum absolute atomic E-state index is 5.71. The molecule has 0 fully saturated rings. The summed E-state index contributed by atoms with van der Waals surface area (Å²) in [6, 6.07) is 14.0. The number of aromatic nitrogens is 2. The monoisotopic (exact) mass is 404 g/mol. The van der Waals surface area contributed by atoms with Gasteiger partial charge >= 0.3 is 0 Å². The number of ether oxygens (including phenoxy) is 3. The van der Waals surface area contributed by atoms with E-state index in [9.17, 15) is 0 Å². The van der Waals surface area contributed by atoms with Gasteiger partial charge in [0.25, 0.3) is 0 Å². The van der Waals surface area contributed by atoms with Crippen LogP contribution in [0, 0.1) is 0 Å². The van der Waals surface area contributed by atoms with Gasteiger partial charge in [0.1, 0.15) is 19.0 Å². The van der Waals surface area contributed by atoms with Crippen molar-refractivity contribution in [2.45, 2.75) is 19.5 Å². The summed E-state index contributed by atoms with van der Waals surface area (Å²) in [5.74, 6) is 3.03. The van der Waals surface area contributed by atoms with Crippen LogP contribution in [0.5, 0.6) is 17.2 Å². The fraction of sp³-hybridized carbons (Fsp3) is 0.304. The molecule has 2 aromatic carbocycles. The highest BCUT2D eigenvalue weighted by molar-refractivity contribution is 5.62. The van der Waals surface area contributed by atoms with E-state index in [4.69, 9.17) is 19.2 Å². The highest BCUT2D eigenvalue weighted by atomic mass is 16.6. The minimum atomic E-state index is 0.596. The van der Waals surface area contributed by atoms with Crippen molar-refractivity contribution in [3.05, 3.63) is 65.5 Å². The molecule has 1 aromatic heterocycles. The molecule has 1 N–H and O–H groups in total. The molecular weight excluding hydrogens is 380 g/mol. The molecule has 0 spiro atoms. The van der Waals surface area contributed by atoms with Gasteiger partial charge in [-0.25, -0.2) is 9.97 Å². The lowest BCUT2D eigenvalue weighted by Crippen LogP contribution is -2.31. The molecule has 2 aliphatic heterocycles. The second-order valence-electron chi connectivity index (χ2n) is 7.43. The van der Waals surface area contributed by atoms with E-state index in [1.54, 1.807) is 7.11 Å². The van der Waals surface area contributed by atoms with Crippen molar-refractivity contribution in [3.63, 3.8) is 0 Å². The predicted octanol–water partition coefficient (Wildman–Crippen LogP) is 3.56. The fourth-order valence-corrected chi connectivity index (χ4v) is 3.88. The third kappa shape index (κ3) is 3.89. The van der Waals surface area contributed by atoms with Gasteiger partial charge in [-0.15, -0.1) is 0 Å². The average Bonchev–Trinajstić information content (AvgIpc) is 2.79. The first-order valence-corrected chi connectivity index (χ1v) is 10.1. The molecule has 3 heterocycles. The second kappa shape index (κ2) is 8.20. The summed E-state index contributed by atoms with van der Waals surface area (Å²) in [7, 11) is 1.66. The lowest BCUT2D eigenvalue weighted by molar-refractivity contribution is 0.171. The molecular formula is C23H24N4O3. The van der Waals surface area contributed by atoms with Gasteiger partial charge in [0, 0.05) is 37.8 Å². The molecule has 0 bridgehead atoms. The molecule has 0 aliphatic carbocycles. The minimum Gasteiger partial charge on any atom is -0.495 e. The van der Waals surface area contributed by atoms with Gasteiger partial charge in [-0.1, -0.05) is 18.2 Å². The summed E-state index contributed by atoms with van der Waals surface area (Å²) < 4.78 is 16.7. The number of nitrogens with one attached hydrogen (secondary N) is 1. The molecule has 2 aliphatic rings. The summed E-state index contributed by atoms with van der Waals surface area (Å²) >= 11 is 0. The molecule has 7 nitrogen and oxygen atoms in total. The van der Waals surface area contributed by atoms with Crippen LogP contribution in [0.25, 0.3) is 0 Å². The summed E-state index contributed by atoms with van der Waals surface area (Å²) in [6.07, 6.45) is 2.82. The van der Waals surface area contributed by atoms with Crippen molar-refractivity contribution < 1.29 is 14.2 Å². The molecule has 0 unspecified atom stereocenters. The second-order valence-corrected chi connectivity index (χ2v) is 7.43. The summed E-state index contributed by atoms with van der Waals surface area (Å²) in [4.78, 5) is 11.7. The van der Waals surface area contributed by atoms with Crippen molar-refractivity contribution in [3.8, 4) is 17.2 Å². The van der Waals surface area contributed by atoms with Crippen molar-refractivity contribution in [2.24, 2.45) is 0 Å². The third-order valence-corrected chi connectivity index (χ3v) is 5.38. The first kappa shape index (κ1) is 18.7. The molecule has 0 radical (unpaired) electrons. The smallest absolute Gasteiger partial charge is 0.227 e. The molecule has 0 saturated carbocycles. The van der Waals surface area contributed by atoms with Crippen molar-refractivity contribution in [1.82, 2.24) is 14.9 Å². The minimum absolute atomic E-state index is 0.596. The van der Waals surface area contributed by atoms with Gasteiger partial charge in [-0.05, 0) is 29.8 Å². The van der Waals surface area contributed by atoms with E-state index in [2.05, 4.69) is 27.3 Å². The molecule has 5 rings (SSSR count). The number of benzene rings is 2. The van der Waals surface area contributed by atoms with Crippen LogP contribution in [0.15, 0.2) is 48.7 Å². The maximum Gasteiger partial charge on any atom is 0.227 e. The van der Waals surface area contributed by atoms with Gasteiger partial charge in [0.05, 0.1) is 18.5 Å². The van der Waals surface area contributed by atoms with E-state index < -0.39 is 0 Å². The number of nitrogens with zero attached hydrogens (tertiary/aromatic N) is 3. The van der Waals surface area contributed by atoms with Crippen molar-refractivity contribution >= 4 is 11.6 Å². The Morgan fingerprint density at radius 3 is 2.87 bits per heavy atom. The third-order valence-electron chi connectivity index (χ3n) is 5.38. The summed E-state index contributed by atoms with van der Waals surface area (Å²) in [5.41, 5.74) is 4.35. The van der Waals surface area contributed by atoms with Crippen LogP contribution in [-0.2, 0) is 19.5 Å². The number of para-hydroxylation sites is 2. The van der Waals surface area contributed by atoms with Crippen LogP contribution >= 0.6 is 0 Å². The van der Waals surface area contributed by atoms with Crippen LogP contribution in [0.1, 0.15) is 16.8 Å². The summed E-state index contributed by atoms with van der Waals surface area (Å²) in [5, 5.41) is 3.27. The largest absolute Gasteiger partial charge is 0.495 e. The predicted molar refractivity (Wildman–Crippen MR) is 114 cm³/mol. The normalized spacial score (nSPS) is 15.4. The van der Waals surface area contributed by atoms with Gasteiger partial charge in [-0.3, -0.25) is 4.90 Å². The lowest BCUT2D eigenvalue weighted by atomic mass is 10.1. The molecule has 3 aromatic rings. The number of anilines is 2. The van der Waals surface area contributed by atoms with E-state index in [-0.39, 0.29) is 0 Å². The van der Waals surface area contributed by atoms with Crippen LogP contribution < -0.4 is 19.5 Å². The van der Waals surface area contributed by atoms with Crippen LogP contribution in [0.3, 0.4) is 0 Å². The van der Waals surface area contributed by atoms with Crippen LogP contribution in [0.4, 0.5) is 11.6 Å². The lowest BCUT2D eigenvalue weighted by Gasteiger charge is -2.28. The SMILES string of the molecule is COc1ccccc1Nc1ncc2c(n1)CCN(Cc1ccc3c(c1)OCCO3)C2. The maximum atomic E-state index is 5.71. The van der Waals surface area contributed by atoms with Crippen LogP contribution in [0.2, 0.25) is 0 Å². The van der Waals surface area contributed by atoms with Gasteiger partial charge < -0.3 is 19.5 Å².